The summed E-state index contributed by atoms with van der Waals surface area (Å²) in [6.07, 6.45) is 44.6. The third kappa shape index (κ3) is 32.0. The average Bonchev–Trinajstić information content (AvgIpc) is 2.95. The first-order chi connectivity index (χ1) is 19.7. The van der Waals surface area contributed by atoms with Gasteiger partial charge in [0.2, 0.25) is 5.91 Å². The van der Waals surface area contributed by atoms with Crippen molar-refractivity contribution in [2.24, 2.45) is 0 Å². The highest BCUT2D eigenvalue weighted by Gasteiger charge is 2.07. The second-order valence-electron chi connectivity index (χ2n) is 13.0. The number of carbonyl (C=O) groups is 1. The van der Waals surface area contributed by atoms with E-state index in [0.29, 0.717) is 0 Å². The molecule has 0 saturated heterocycles. The number of hydrogen-bond acceptors (Lipinski definition) is 1. The van der Waals surface area contributed by atoms with E-state index in [9.17, 15) is 4.79 Å². The molecule has 0 atom stereocenters. The van der Waals surface area contributed by atoms with Gasteiger partial charge in [0.05, 0.1) is 0 Å². The number of unbranched alkanes of at least 4 members (excludes halogenated alkanes) is 30. The van der Waals surface area contributed by atoms with E-state index in [0.717, 1.165) is 25.9 Å². The molecule has 0 aliphatic carbocycles. The summed E-state index contributed by atoms with van der Waals surface area (Å²) < 4.78 is 0. The molecule has 0 aromatic heterocycles. The Morgan fingerprint density at radius 2 is 0.525 bits per heavy atom. The van der Waals surface area contributed by atoms with Crippen LogP contribution in [0, 0.1) is 6.92 Å². The summed E-state index contributed by atoms with van der Waals surface area (Å²) in [7, 11) is 0. The molecule has 0 unspecified atom stereocenters. The van der Waals surface area contributed by atoms with Gasteiger partial charge in [-0.3, -0.25) is 4.79 Å². The smallest absolute Gasteiger partial charge is 0.223 e. The van der Waals surface area contributed by atoms with E-state index < -0.39 is 0 Å². The van der Waals surface area contributed by atoms with Gasteiger partial charge in [0, 0.05) is 20.0 Å². The van der Waals surface area contributed by atoms with Crippen LogP contribution in [0.5, 0.6) is 0 Å². The molecule has 239 valence electrons. The van der Waals surface area contributed by atoms with Crippen LogP contribution in [-0.2, 0) is 4.79 Å². The van der Waals surface area contributed by atoms with Gasteiger partial charge in [0.25, 0.3) is 0 Å². The van der Waals surface area contributed by atoms with Crippen molar-refractivity contribution in [2.45, 2.75) is 219 Å². The van der Waals surface area contributed by atoms with Crippen molar-refractivity contribution in [1.82, 2.24) is 4.90 Å². The minimum Gasteiger partial charge on any atom is -0.343 e. The second kappa shape index (κ2) is 34.7. The lowest BCUT2D eigenvalue weighted by Gasteiger charge is -2.21. The molecule has 0 saturated carbocycles. The van der Waals surface area contributed by atoms with Gasteiger partial charge in [-0.05, 0) is 12.8 Å². The van der Waals surface area contributed by atoms with Gasteiger partial charge >= 0.3 is 0 Å². The first kappa shape index (κ1) is 39.5. The Labute approximate surface area is 254 Å². The van der Waals surface area contributed by atoms with Gasteiger partial charge in [-0.2, -0.15) is 0 Å². The molecule has 0 aromatic carbocycles. The Bertz CT molecular complexity index is 440. The topological polar surface area (TPSA) is 20.3 Å². The highest BCUT2D eigenvalue weighted by atomic mass is 16.2. The maximum atomic E-state index is 11.9. The van der Waals surface area contributed by atoms with Gasteiger partial charge in [0.1, 0.15) is 0 Å². The third-order valence-corrected chi connectivity index (χ3v) is 8.92. The lowest BCUT2D eigenvalue weighted by atomic mass is 10.0. The van der Waals surface area contributed by atoms with Gasteiger partial charge in [-0.25, -0.2) is 0 Å². The Balaban J connectivity index is 3.37. The Morgan fingerprint density at radius 3 is 0.700 bits per heavy atom. The summed E-state index contributed by atoms with van der Waals surface area (Å²) in [5.74, 6) is 0.0296. The van der Waals surface area contributed by atoms with Crippen LogP contribution < -0.4 is 0 Å². The van der Waals surface area contributed by atoms with E-state index >= 15 is 0 Å². The van der Waals surface area contributed by atoms with E-state index in [1.807, 2.05) is 4.90 Å². The molecule has 2 nitrogen and oxygen atoms in total. The fraction of sp³-hybridized carbons (Fsp3) is 0.947. The predicted molar refractivity (Wildman–Crippen MR) is 181 cm³/mol. The zero-order chi connectivity index (χ0) is 29.2. The molecular weight excluding hydrogens is 486 g/mol. The molecule has 0 aliphatic heterocycles. The second-order valence-corrected chi connectivity index (χ2v) is 13.0. The molecule has 0 fully saturated rings. The minimum absolute atomic E-state index is 0.0296. The summed E-state index contributed by atoms with van der Waals surface area (Å²) in [6.45, 7) is 10.1. The summed E-state index contributed by atoms with van der Waals surface area (Å²) in [4.78, 5) is 13.9. The normalized spacial score (nSPS) is 11.4. The van der Waals surface area contributed by atoms with E-state index in [1.54, 1.807) is 0 Å². The maximum absolute atomic E-state index is 11.9. The molecule has 1 radical (unpaired) electrons. The SMILES string of the molecule is [CH2]C(=O)N(CCCCCCCCCCCCCCCCCC)CCCCCCCCCCCCCCCCCC. The van der Waals surface area contributed by atoms with Crippen LogP contribution in [0.4, 0.5) is 0 Å². The van der Waals surface area contributed by atoms with Crippen molar-refractivity contribution in [1.29, 1.82) is 0 Å². The number of carbonyl (C=O) groups excluding carboxylic acids is 1. The quantitative estimate of drug-likeness (QED) is 0.0714. The maximum Gasteiger partial charge on any atom is 0.223 e. The number of hydrogen-bond donors (Lipinski definition) is 0. The Morgan fingerprint density at radius 1 is 0.350 bits per heavy atom. The van der Waals surface area contributed by atoms with Crippen molar-refractivity contribution >= 4 is 5.91 Å². The first-order valence-electron chi connectivity index (χ1n) is 18.8. The fourth-order valence-electron chi connectivity index (χ4n) is 6.06. The predicted octanol–water partition coefficient (Wildman–Crippen LogP) is 13.2. The van der Waals surface area contributed by atoms with Crippen LogP contribution in [0.2, 0.25) is 0 Å². The molecule has 1 amide bonds. The molecule has 0 rings (SSSR count). The Hall–Kier alpha value is -0.530. The molecule has 0 heterocycles. The molecule has 0 aliphatic rings. The number of nitrogens with zero attached hydrogens (tertiary/aromatic N) is 1. The van der Waals surface area contributed by atoms with Crippen molar-refractivity contribution in [3.63, 3.8) is 0 Å². The molecule has 0 N–H and O–H groups in total. The van der Waals surface area contributed by atoms with Gasteiger partial charge < -0.3 is 4.90 Å². The largest absolute Gasteiger partial charge is 0.343 e. The van der Waals surface area contributed by atoms with Gasteiger partial charge in [-0.15, -0.1) is 0 Å². The third-order valence-electron chi connectivity index (χ3n) is 8.92. The zero-order valence-electron chi connectivity index (χ0n) is 28.1. The Kier molecular flexibility index (Phi) is 34.2. The molecule has 0 aromatic rings. The standard InChI is InChI=1S/C38H76NO/c1-4-6-8-10-12-14-16-18-20-22-24-26-28-30-32-34-36-39(38(3)40)37-35-33-31-29-27-25-23-21-19-17-15-13-11-9-7-5-2/h3-37H2,1-2H3. The number of amides is 1. The lowest BCUT2D eigenvalue weighted by Crippen LogP contribution is -2.31. The van der Waals surface area contributed by atoms with E-state index in [-0.39, 0.29) is 5.91 Å². The first-order valence-corrected chi connectivity index (χ1v) is 18.8. The number of rotatable bonds is 34. The van der Waals surface area contributed by atoms with Crippen LogP contribution in [0.3, 0.4) is 0 Å². The van der Waals surface area contributed by atoms with Crippen molar-refractivity contribution in [3.05, 3.63) is 6.92 Å². The summed E-state index contributed by atoms with van der Waals surface area (Å²) in [6, 6.07) is 0. The highest BCUT2D eigenvalue weighted by Crippen LogP contribution is 2.15. The zero-order valence-corrected chi connectivity index (χ0v) is 28.1. The van der Waals surface area contributed by atoms with E-state index in [1.165, 1.54) is 193 Å². The molecular formula is C38H76NO. The van der Waals surface area contributed by atoms with Crippen LogP contribution in [0.25, 0.3) is 0 Å². The average molecular weight is 563 g/mol. The molecule has 0 spiro atoms. The van der Waals surface area contributed by atoms with Crippen LogP contribution in [0.15, 0.2) is 0 Å². The molecule has 40 heavy (non-hydrogen) atoms. The van der Waals surface area contributed by atoms with Crippen molar-refractivity contribution in [2.75, 3.05) is 13.1 Å². The highest BCUT2D eigenvalue weighted by molar-refractivity contribution is 5.80. The van der Waals surface area contributed by atoms with Crippen LogP contribution in [0.1, 0.15) is 219 Å². The van der Waals surface area contributed by atoms with Gasteiger partial charge in [0.15, 0.2) is 0 Å². The van der Waals surface area contributed by atoms with Gasteiger partial charge in [-0.1, -0.05) is 206 Å². The minimum atomic E-state index is 0.0296. The molecule has 2 heteroatoms. The van der Waals surface area contributed by atoms with E-state index in [2.05, 4.69) is 20.8 Å². The summed E-state index contributed by atoms with van der Waals surface area (Å²) in [5.41, 5.74) is 0. The van der Waals surface area contributed by atoms with E-state index in [4.69, 9.17) is 0 Å². The summed E-state index contributed by atoms with van der Waals surface area (Å²) in [5, 5.41) is 0. The van der Waals surface area contributed by atoms with Crippen LogP contribution >= 0.6 is 0 Å². The fourth-order valence-corrected chi connectivity index (χ4v) is 6.06. The summed E-state index contributed by atoms with van der Waals surface area (Å²) >= 11 is 0. The van der Waals surface area contributed by atoms with Crippen LogP contribution in [-0.4, -0.2) is 23.9 Å². The lowest BCUT2D eigenvalue weighted by molar-refractivity contribution is -0.126. The van der Waals surface area contributed by atoms with Crippen molar-refractivity contribution in [3.8, 4) is 0 Å². The monoisotopic (exact) mass is 563 g/mol. The molecule has 0 bridgehead atoms. The van der Waals surface area contributed by atoms with Crippen molar-refractivity contribution < 1.29 is 4.79 Å².